The molecule has 13 heavy (non-hydrogen) atoms. The molecule has 0 atom stereocenters. The third-order valence-corrected chi connectivity index (χ3v) is 3.33. The number of rotatable bonds is 2. The van der Waals surface area contributed by atoms with Crippen molar-refractivity contribution in [3.63, 3.8) is 0 Å². The van der Waals surface area contributed by atoms with Crippen molar-refractivity contribution in [1.29, 1.82) is 0 Å². The Bertz CT molecular complexity index is 337. The van der Waals surface area contributed by atoms with E-state index < -0.39 is 0 Å². The summed E-state index contributed by atoms with van der Waals surface area (Å²) in [5.74, 6) is 2.32. The van der Waals surface area contributed by atoms with Crippen LogP contribution in [0.25, 0.3) is 0 Å². The van der Waals surface area contributed by atoms with Crippen molar-refractivity contribution < 1.29 is 0 Å². The summed E-state index contributed by atoms with van der Waals surface area (Å²) in [7, 11) is 0. The highest BCUT2D eigenvalue weighted by atomic mass is 15.3. The zero-order valence-corrected chi connectivity index (χ0v) is 7.66. The summed E-state index contributed by atoms with van der Waals surface area (Å²) in [6, 6.07) is 0. The van der Waals surface area contributed by atoms with E-state index in [1.807, 2.05) is 0 Å². The summed E-state index contributed by atoms with van der Waals surface area (Å²) in [5.41, 5.74) is 5.98. The fraction of sp³-hybridized carbons (Fsp3) is 0.778. The van der Waals surface area contributed by atoms with Crippen LogP contribution in [-0.4, -0.2) is 21.3 Å². The van der Waals surface area contributed by atoms with Gasteiger partial charge in [0.2, 0.25) is 0 Å². The van der Waals surface area contributed by atoms with Crippen LogP contribution in [0.1, 0.15) is 30.9 Å². The van der Waals surface area contributed by atoms with Crippen molar-refractivity contribution in [2.45, 2.75) is 37.6 Å². The average Bonchev–Trinajstić information content (AvgIpc) is 2.62. The number of aryl methyl sites for hydroxylation is 1. The summed E-state index contributed by atoms with van der Waals surface area (Å²) in [6.45, 7) is 1.82. The maximum absolute atomic E-state index is 5.77. The third kappa shape index (κ3) is 0.892. The van der Waals surface area contributed by atoms with Crippen LogP contribution in [0.15, 0.2) is 0 Å². The molecule has 1 aliphatic carbocycles. The zero-order valence-electron chi connectivity index (χ0n) is 7.66. The molecular formula is C9H14N4. The lowest BCUT2D eigenvalue weighted by atomic mass is 10.1. The predicted octanol–water partition coefficient (Wildman–Crippen LogP) is 0.215. The van der Waals surface area contributed by atoms with Crippen LogP contribution in [0.4, 0.5) is 0 Å². The zero-order chi connectivity index (χ0) is 8.89. The maximum atomic E-state index is 5.77. The first-order valence-corrected chi connectivity index (χ1v) is 4.98. The molecule has 3 rings (SSSR count). The Labute approximate surface area is 77.1 Å². The first-order valence-electron chi connectivity index (χ1n) is 4.98. The van der Waals surface area contributed by atoms with Gasteiger partial charge >= 0.3 is 0 Å². The van der Waals surface area contributed by atoms with Gasteiger partial charge in [-0.15, -0.1) is 10.2 Å². The van der Waals surface area contributed by atoms with E-state index in [2.05, 4.69) is 14.8 Å². The molecule has 0 unspecified atom stereocenters. The van der Waals surface area contributed by atoms with Gasteiger partial charge in [0.05, 0.1) is 0 Å². The Kier molecular flexibility index (Phi) is 1.34. The first-order chi connectivity index (χ1) is 6.36. The summed E-state index contributed by atoms with van der Waals surface area (Å²) >= 11 is 0. The minimum absolute atomic E-state index is 0.204. The van der Waals surface area contributed by atoms with Gasteiger partial charge in [0.1, 0.15) is 11.6 Å². The van der Waals surface area contributed by atoms with E-state index in [1.54, 1.807) is 0 Å². The van der Waals surface area contributed by atoms with Crippen LogP contribution in [0.2, 0.25) is 0 Å². The van der Waals surface area contributed by atoms with E-state index in [1.165, 1.54) is 19.3 Å². The van der Waals surface area contributed by atoms with Gasteiger partial charge in [-0.05, 0) is 19.3 Å². The molecule has 1 aromatic rings. The predicted molar refractivity (Wildman–Crippen MR) is 48.3 cm³/mol. The summed E-state index contributed by atoms with van der Waals surface area (Å²) in [4.78, 5) is 0. The van der Waals surface area contributed by atoms with Crippen molar-refractivity contribution in [2.24, 2.45) is 5.73 Å². The number of hydrogen-bond donors (Lipinski definition) is 1. The minimum atomic E-state index is 0.204. The SMILES string of the molecule is NCC1(c2nnc3n2CCC3)CC1. The molecule has 0 spiro atoms. The fourth-order valence-corrected chi connectivity index (χ4v) is 2.21. The molecule has 2 aliphatic rings. The first kappa shape index (κ1) is 7.50. The molecule has 0 amide bonds. The monoisotopic (exact) mass is 178 g/mol. The third-order valence-electron chi connectivity index (χ3n) is 3.33. The maximum Gasteiger partial charge on any atom is 0.140 e. The molecule has 0 aromatic carbocycles. The molecule has 70 valence electrons. The van der Waals surface area contributed by atoms with E-state index in [-0.39, 0.29) is 5.41 Å². The summed E-state index contributed by atoms with van der Waals surface area (Å²) in [5, 5.41) is 8.48. The topological polar surface area (TPSA) is 56.7 Å². The Morgan fingerprint density at radius 1 is 1.38 bits per heavy atom. The molecule has 1 aliphatic heterocycles. The smallest absolute Gasteiger partial charge is 0.140 e. The van der Waals surface area contributed by atoms with Gasteiger partial charge in [-0.1, -0.05) is 0 Å². The second-order valence-corrected chi connectivity index (χ2v) is 4.18. The molecule has 0 saturated heterocycles. The lowest BCUT2D eigenvalue weighted by molar-refractivity contribution is 0.582. The lowest BCUT2D eigenvalue weighted by Crippen LogP contribution is -2.24. The Morgan fingerprint density at radius 3 is 2.92 bits per heavy atom. The summed E-state index contributed by atoms with van der Waals surface area (Å²) < 4.78 is 2.28. The number of aromatic nitrogens is 3. The highest BCUT2D eigenvalue weighted by Crippen LogP contribution is 2.46. The van der Waals surface area contributed by atoms with Gasteiger partial charge in [0, 0.05) is 24.9 Å². The van der Waals surface area contributed by atoms with Crippen LogP contribution >= 0.6 is 0 Å². The van der Waals surface area contributed by atoms with Gasteiger partial charge < -0.3 is 10.3 Å². The normalized spacial score (nSPS) is 23.2. The van der Waals surface area contributed by atoms with E-state index in [4.69, 9.17) is 5.73 Å². The molecule has 2 heterocycles. The molecular weight excluding hydrogens is 164 g/mol. The highest BCUT2D eigenvalue weighted by molar-refractivity contribution is 5.21. The van der Waals surface area contributed by atoms with Crippen LogP contribution in [0.3, 0.4) is 0 Å². The van der Waals surface area contributed by atoms with Gasteiger partial charge in [0.15, 0.2) is 0 Å². The van der Waals surface area contributed by atoms with Gasteiger partial charge in [-0.25, -0.2) is 0 Å². The number of nitrogens with two attached hydrogens (primary N) is 1. The van der Waals surface area contributed by atoms with Gasteiger partial charge in [-0.3, -0.25) is 0 Å². The largest absolute Gasteiger partial charge is 0.329 e. The second-order valence-electron chi connectivity index (χ2n) is 4.18. The van der Waals surface area contributed by atoms with Crippen LogP contribution < -0.4 is 5.73 Å². The molecule has 1 saturated carbocycles. The Morgan fingerprint density at radius 2 is 2.23 bits per heavy atom. The lowest BCUT2D eigenvalue weighted by Gasteiger charge is -2.11. The quantitative estimate of drug-likeness (QED) is 0.704. The standard InChI is InChI=1S/C9H14N4/c10-6-9(3-4-9)8-12-11-7-2-1-5-13(7)8/h1-6,10H2. The number of hydrogen-bond acceptors (Lipinski definition) is 3. The minimum Gasteiger partial charge on any atom is -0.329 e. The molecule has 0 radical (unpaired) electrons. The molecule has 4 heteroatoms. The van der Waals surface area contributed by atoms with Crippen molar-refractivity contribution in [2.75, 3.05) is 6.54 Å². The number of fused-ring (bicyclic) bond motifs is 1. The summed E-state index contributed by atoms with van der Waals surface area (Å²) in [6.07, 6.45) is 4.70. The van der Waals surface area contributed by atoms with Crippen molar-refractivity contribution in [1.82, 2.24) is 14.8 Å². The van der Waals surface area contributed by atoms with Crippen LogP contribution in [0.5, 0.6) is 0 Å². The van der Waals surface area contributed by atoms with E-state index >= 15 is 0 Å². The average molecular weight is 178 g/mol. The number of nitrogens with zero attached hydrogens (tertiary/aromatic N) is 3. The Balaban J connectivity index is 2.05. The van der Waals surface area contributed by atoms with E-state index in [9.17, 15) is 0 Å². The molecule has 4 nitrogen and oxygen atoms in total. The Hall–Kier alpha value is -0.900. The molecule has 0 bridgehead atoms. The fourth-order valence-electron chi connectivity index (χ4n) is 2.21. The van der Waals surface area contributed by atoms with Crippen molar-refractivity contribution >= 4 is 0 Å². The highest BCUT2D eigenvalue weighted by Gasteiger charge is 2.47. The van der Waals surface area contributed by atoms with Crippen LogP contribution in [0, 0.1) is 0 Å². The van der Waals surface area contributed by atoms with Crippen molar-refractivity contribution in [3.05, 3.63) is 11.6 Å². The van der Waals surface area contributed by atoms with Gasteiger partial charge in [0.25, 0.3) is 0 Å². The van der Waals surface area contributed by atoms with Crippen LogP contribution in [-0.2, 0) is 18.4 Å². The van der Waals surface area contributed by atoms with Crippen molar-refractivity contribution in [3.8, 4) is 0 Å². The molecule has 1 aromatic heterocycles. The second kappa shape index (κ2) is 2.32. The molecule has 2 N–H and O–H groups in total. The van der Waals surface area contributed by atoms with Gasteiger partial charge in [-0.2, -0.15) is 0 Å². The van der Waals surface area contributed by atoms with E-state index in [0.29, 0.717) is 0 Å². The van der Waals surface area contributed by atoms with E-state index in [0.717, 1.165) is 31.2 Å². The molecule has 1 fully saturated rings.